The number of hydrogen-bond acceptors (Lipinski definition) is 7. The van der Waals surface area contributed by atoms with Crippen molar-refractivity contribution in [3.8, 4) is 0 Å². The predicted molar refractivity (Wildman–Crippen MR) is 185 cm³/mol. The van der Waals surface area contributed by atoms with Gasteiger partial charge in [0.05, 0.1) is 30.5 Å². The largest absolute Gasteiger partial charge is 0.457 e. The summed E-state index contributed by atoms with van der Waals surface area (Å²) in [5, 5.41) is 11.0. The maximum Gasteiger partial charge on any atom is 0.303 e. The van der Waals surface area contributed by atoms with Crippen LogP contribution in [-0.2, 0) is 23.7 Å². The quantitative estimate of drug-likeness (QED) is 0.296. The summed E-state index contributed by atoms with van der Waals surface area (Å²) in [6.07, 6.45) is 14.6. The van der Waals surface area contributed by atoms with Crippen LogP contribution in [0.1, 0.15) is 132 Å². The number of carbonyl (C=O) groups is 1. The fourth-order valence-electron chi connectivity index (χ4n) is 15.4. The van der Waals surface area contributed by atoms with E-state index in [1.165, 1.54) is 64.7 Å². The predicted octanol–water partition coefficient (Wildman–Crippen LogP) is 7.37. The fraction of sp³-hybridized carbons (Fsp3) is 0.976. The highest BCUT2D eigenvalue weighted by molar-refractivity contribution is 5.66. The highest BCUT2D eigenvalue weighted by Crippen LogP contribution is 2.89. The van der Waals surface area contributed by atoms with Crippen LogP contribution in [0.3, 0.4) is 0 Å². The van der Waals surface area contributed by atoms with E-state index in [1.54, 1.807) is 13.8 Å². The summed E-state index contributed by atoms with van der Waals surface area (Å²) in [5.74, 6) is 3.56. The van der Waals surface area contributed by atoms with Gasteiger partial charge in [0.25, 0.3) is 0 Å². The van der Waals surface area contributed by atoms with Crippen molar-refractivity contribution in [1.29, 1.82) is 0 Å². The fourth-order valence-corrected chi connectivity index (χ4v) is 15.4. The third kappa shape index (κ3) is 4.85. The number of fused-ring (bicyclic) bond motifs is 4. The molecule has 7 nitrogen and oxygen atoms in total. The minimum atomic E-state index is -1.15. The van der Waals surface area contributed by atoms with E-state index in [1.807, 2.05) is 0 Å². The van der Waals surface area contributed by atoms with Gasteiger partial charge in [0, 0.05) is 26.1 Å². The Labute approximate surface area is 290 Å². The van der Waals surface area contributed by atoms with Gasteiger partial charge in [-0.3, -0.25) is 9.69 Å². The van der Waals surface area contributed by atoms with Crippen LogP contribution in [-0.4, -0.2) is 78.0 Å². The first-order valence-electron chi connectivity index (χ1n) is 20.2. The first kappa shape index (κ1) is 34.4. The standard InChI is InChI=1S/C41H67NO6/c1-24-21-31(36(38(6,7)44)46-26(3)43)47-30-22-29-28-13-14-32-37(4,5)33(48-34-23-42(19-20-45-34)27-11-9-10-12-27)15-16-41(32)25(2)40(28,41)18-17-39(29,8)35(24)30/h24-25,27-36,44H,9-23H2,1-8H3. The van der Waals surface area contributed by atoms with E-state index in [4.69, 9.17) is 18.9 Å². The van der Waals surface area contributed by atoms with Gasteiger partial charge < -0.3 is 24.1 Å². The molecule has 272 valence electrons. The molecule has 8 aliphatic rings. The maximum atomic E-state index is 12.1. The van der Waals surface area contributed by atoms with Crippen LogP contribution in [0.5, 0.6) is 0 Å². The monoisotopic (exact) mass is 669 g/mol. The molecule has 6 saturated carbocycles. The van der Waals surface area contributed by atoms with Gasteiger partial charge in [0.15, 0.2) is 12.4 Å². The van der Waals surface area contributed by atoms with Crippen LogP contribution in [0.4, 0.5) is 0 Å². The summed E-state index contributed by atoms with van der Waals surface area (Å²) in [6, 6.07) is 0.734. The second-order valence-electron chi connectivity index (χ2n) is 19.7. The highest BCUT2D eigenvalue weighted by atomic mass is 16.7. The maximum absolute atomic E-state index is 12.1. The summed E-state index contributed by atoms with van der Waals surface area (Å²) >= 11 is 0. The third-order valence-corrected chi connectivity index (χ3v) is 17.1. The zero-order valence-corrected chi connectivity index (χ0v) is 31.5. The molecule has 2 spiro atoms. The van der Waals surface area contributed by atoms with Crippen LogP contribution in [0.25, 0.3) is 0 Å². The molecule has 0 aromatic heterocycles. The molecule has 0 aromatic rings. The molecule has 0 aromatic carbocycles. The van der Waals surface area contributed by atoms with Crippen molar-refractivity contribution in [3.05, 3.63) is 0 Å². The zero-order chi connectivity index (χ0) is 34.0. The number of aliphatic hydroxyl groups is 1. The summed E-state index contributed by atoms with van der Waals surface area (Å²) < 4.78 is 26.0. The van der Waals surface area contributed by atoms with Crippen molar-refractivity contribution < 1.29 is 28.8 Å². The van der Waals surface area contributed by atoms with Crippen molar-refractivity contribution in [2.45, 2.75) is 175 Å². The molecule has 0 amide bonds. The molecule has 6 aliphatic carbocycles. The second-order valence-corrected chi connectivity index (χ2v) is 19.7. The van der Waals surface area contributed by atoms with Gasteiger partial charge in [-0.05, 0) is 135 Å². The molecule has 0 bridgehead atoms. The SMILES string of the molecule is CC(=O)OC(C1CC(C)C2C(CC3C4CCC5C(C)(C)C(OC6CN(C7CCCC7)CCO6)CCC56C(C)C46CCC32C)O1)C(C)(C)O. The van der Waals surface area contributed by atoms with E-state index in [-0.39, 0.29) is 41.4 Å². The Kier molecular flexibility index (Phi) is 8.33. The molecular weight excluding hydrogens is 602 g/mol. The van der Waals surface area contributed by atoms with Gasteiger partial charge in [0.2, 0.25) is 0 Å². The van der Waals surface area contributed by atoms with Gasteiger partial charge in [0.1, 0.15) is 0 Å². The van der Waals surface area contributed by atoms with Crippen LogP contribution < -0.4 is 0 Å². The second kappa shape index (κ2) is 11.6. The molecule has 8 fully saturated rings. The van der Waals surface area contributed by atoms with Crippen molar-refractivity contribution in [1.82, 2.24) is 4.90 Å². The Morgan fingerprint density at radius 2 is 1.71 bits per heavy atom. The third-order valence-electron chi connectivity index (χ3n) is 17.1. The summed E-state index contributed by atoms with van der Waals surface area (Å²) in [7, 11) is 0. The molecule has 48 heavy (non-hydrogen) atoms. The van der Waals surface area contributed by atoms with E-state index in [0.717, 1.165) is 56.8 Å². The molecule has 14 unspecified atom stereocenters. The van der Waals surface area contributed by atoms with E-state index in [2.05, 4.69) is 39.5 Å². The van der Waals surface area contributed by atoms with E-state index in [9.17, 15) is 9.90 Å². The average Bonchev–Trinajstić information content (AvgIpc) is 3.39. The molecule has 7 heteroatoms. The lowest BCUT2D eigenvalue weighted by Gasteiger charge is -2.60. The first-order chi connectivity index (χ1) is 22.6. The summed E-state index contributed by atoms with van der Waals surface area (Å²) in [6.45, 7) is 20.5. The lowest BCUT2D eigenvalue weighted by atomic mass is 9.46. The molecule has 1 N–H and O–H groups in total. The van der Waals surface area contributed by atoms with E-state index >= 15 is 0 Å². The average molecular weight is 670 g/mol. The molecule has 2 aliphatic heterocycles. The summed E-state index contributed by atoms with van der Waals surface area (Å²) in [4.78, 5) is 14.7. The van der Waals surface area contributed by atoms with Crippen LogP contribution in [0, 0.1) is 57.2 Å². The molecule has 14 atom stereocenters. The summed E-state index contributed by atoms with van der Waals surface area (Å²) in [5.41, 5.74) is 0.162. The molecule has 0 radical (unpaired) electrons. The Morgan fingerprint density at radius 1 is 0.958 bits per heavy atom. The lowest BCUT2D eigenvalue weighted by Crippen LogP contribution is -2.57. The highest BCUT2D eigenvalue weighted by Gasteiger charge is 2.85. The molecule has 2 saturated heterocycles. The van der Waals surface area contributed by atoms with Crippen LogP contribution >= 0.6 is 0 Å². The van der Waals surface area contributed by atoms with Gasteiger partial charge in [-0.15, -0.1) is 0 Å². The minimum absolute atomic E-state index is 0.0838. The Bertz CT molecular complexity index is 1240. The van der Waals surface area contributed by atoms with E-state index < -0.39 is 11.7 Å². The lowest BCUT2D eigenvalue weighted by molar-refractivity contribution is -0.248. The van der Waals surface area contributed by atoms with Crippen molar-refractivity contribution >= 4 is 5.97 Å². The number of esters is 1. The first-order valence-corrected chi connectivity index (χ1v) is 20.2. The van der Waals surface area contributed by atoms with Crippen LogP contribution in [0.2, 0.25) is 0 Å². The zero-order valence-electron chi connectivity index (χ0n) is 31.5. The van der Waals surface area contributed by atoms with Gasteiger partial charge in [-0.1, -0.05) is 47.5 Å². The van der Waals surface area contributed by atoms with Gasteiger partial charge in [-0.2, -0.15) is 0 Å². The number of hydrogen-bond donors (Lipinski definition) is 1. The number of rotatable bonds is 6. The van der Waals surface area contributed by atoms with Crippen LogP contribution in [0.15, 0.2) is 0 Å². The van der Waals surface area contributed by atoms with Gasteiger partial charge in [-0.25, -0.2) is 0 Å². The van der Waals surface area contributed by atoms with Crippen molar-refractivity contribution in [2.75, 3.05) is 19.7 Å². The Hall–Kier alpha value is -0.730. The minimum Gasteiger partial charge on any atom is -0.457 e. The topological polar surface area (TPSA) is 77.5 Å². The number of ether oxygens (including phenoxy) is 4. The van der Waals surface area contributed by atoms with E-state index in [0.29, 0.717) is 34.5 Å². The number of nitrogens with zero attached hydrogens (tertiary/aromatic N) is 1. The molecule has 2 heterocycles. The Morgan fingerprint density at radius 3 is 2.42 bits per heavy atom. The molecular formula is C41H67NO6. The van der Waals surface area contributed by atoms with Crippen molar-refractivity contribution in [2.24, 2.45) is 57.2 Å². The van der Waals surface area contributed by atoms with Gasteiger partial charge >= 0.3 is 5.97 Å². The number of morpholine rings is 1. The number of carbonyl (C=O) groups excluding carboxylic acids is 1. The Balaban J connectivity index is 0.996. The normalized spacial score (nSPS) is 50.8. The molecule has 8 rings (SSSR count). The van der Waals surface area contributed by atoms with Crippen molar-refractivity contribution in [3.63, 3.8) is 0 Å². The smallest absolute Gasteiger partial charge is 0.303 e.